The zero-order chi connectivity index (χ0) is 18.4. The molecule has 2 fully saturated rings. The van der Waals surface area contributed by atoms with Gasteiger partial charge in [0.2, 0.25) is 5.95 Å². The number of fused-ring (bicyclic) bond motifs is 1. The lowest BCUT2D eigenvalue weighted by Crippen LogP contribution is -2.41. The second-order valence-corrected chi connectivity index (χ2v) is 7.82. The molecular formula is C20H23N5O2. The Morgan fingerprint density at radius 1 is 1.00 bits per heavy atom. The van der Waals surface area contributed by atoms with Crippen molar-refractivity contribution in [1.82, 2.24) is 19.1 Å². The van der Waals surface area contributed by atoms with Gasteiger partial charge in [0.25, 0.3) is 5.56 Å². The molecule has 2 aromatic heterocycles. The predicted molar refractivity (Wildman–Crippen MR) is 104 cm³/mol. The average Bonchev–Trinajstić information content (AvgIpc) is 3.61. The minimum atomic E-state index is -0.255. The molecule has 0 saturated heterocycles. The van der Waals surface area contributed by atoms with Gasteiger partial charge in [-0.3, -0.25) is 13.9 Å². The molecule has 0 atom stereocenters. The molecule has 27 heavy (non-hydrogen) atoms. The Bertz CT molecular complexity index is 1090. The van der Waals surface area contributed by atoms with Crippen LogP contribution in [0.1, 0.15) is 31.2 Å². The summed E-state index contributed by atoms with van der Waals surface area (Å²) in [4.78, 5) is 33.5. The van der Waals surface area contributed by atoms with E-state index >= 15 is 0 Å². The third-order valence-electron chi connectivity index (χ3n) is 5.44. The lowest BCUT2D eigenvalue weighted by Gasteiger charge is -2.10. The van der Waals surface area contributed by atoms with Crippen LogP contribution in [0.15, 0.2) is 39.9 Å². The van der Waals surface area contributed by atoms with Crippen molar-refractivity contribution in [1.29, 1.82) is 0 Å². The molecule has 3 aromatic rings. The van der Waals surface area contributed by atoms with Crippen molar-refractivity contribution in [2.75, 3.05) is 5.32 Å². The van der Waals surface area contributed by atoms with Crippen LogP contribution in [0.2, 0.25) is 0 Å². The fourth-order valence-electron chi connectivity index (χ4n) is 3.47. The van der Waals surface area contributed by atoms with Crippen molar-refractivity contribution in [2.45, 2.75) is 45.3 Å². The molecule has 0 spiro atoms. The van der Waals surface area contributed by atoms with E-state index in [0.29, 0.717) is 48.6 Å². The van der Waals surface area contributed by atoms with Gasteiger partial charge in [-0.1, -0.05) is 30.3 Å². The minimum absolute atomic E-state index is 0.215. The third kappa shape index (κ3) is 3.29. The Morgan fingerprint density at radius 3 is 2.33 bits per heavy atom. The molecule has 1 aromatic carbocycles. The molecule has 2 heterocycles. The number of rotatable bonds is 7. The maximum absolute atomic E-state index is 13.0. The first kappa shape index (κ1) is 16.4. The molecule has 7 nitrogen and oxygen atoms in total. The van der Waals surface area contributed by atoms with Gasteiger partial charge >= 0.3 is 5.69 Å². The van der Waals surface area contributed by atoms with Crippen molar-refractivity contribution in [3.8, 4) is 0 Å². The van der Waals surface area contributed by atoms with E-state index in [1.807, 2.05) is 30.3 Å². The summed E-state index contributed by atoms with van der Waals surface area (Å²) >= 11 is 0. The molecule has 0 amide bonds. The first-order valence-corrected chi connectivity index (χ1v) is 9.70. The summed E-state index contributed by atoms with van der Waals surface area (Å²) in [7, 11) is 0. The van der Waals surface area contributed by atoms with Crippen LogP contribution in [-0.4, -0.2) is 19.1 Å². The van der Waals surface area contributed by atoms with Crippen LogP contribution in [0, 0.1) is 11.8 Å². The van der Waals surface area contributed by atoms with Gasteiger partial charge in [-0.05, 0) is 43.1 Å². The first-order valence-electron chi connectivity index (χ1n) is 9.70. The van der Waals surface area contributed by atoms with E-state index in [1.54, 1.807) is 4.57 Å². The van der Waals surface area contributed by atoms with Crippen molar-refractivity contribution in [2.24, 2.45) is 11.8 Å². The number of aromatic nitrogens is 4. The molecule has 0 radical (unpaired) electrons. The van der Waals surface area contributed by atoms with Crippen LogP contribution in [0.4, 0.5) is 5.95 Å². The smallest absolute Gasteiger partial charge is 0.332 e. The fraction of sp³-hybridized carbons (Fsp3) is 0.450. The number of hydrogen-bond donors (Lipinski definition) is 2. The van der Waals surface area contributed by atoms with Crippen LogP contribution in [-0.2, 0) is 19.6 Å². The van der Waals surface area contributed by atoms with Gasteiger partial charge in [0.1, 0.15) is 0 Å². The number of imidazole rings is 1. The van der Waals surface area contributed by atoms with E-state index in [-0.39, 0.29) is 11.2 Å². The Hall–Kier alpha value is -2.83. The summed E-state index contributed by atoms with van der Waals surface area (Å²) in [5.41, 5.74) is 1.55. The zero-order valence-electron chi connectivity index (χ0n) is 15.1. The molecular weight excluding hydrogens is 342 g/mol. The number of nitrogens with zero attached hydrogens (tertiary/aromatic N) is 3. The molecule has 0 aliphatic heterocycles. The lowest BCUT2D eigenvalue weighted by molar-refractivity contribution is 0.520. The van der Waals surface area contributed by atoms with Gasteiger partial charge in [0, 0.05) is 19.6 Å². The van der Waals surface area contributed by atoms with E-state index in [1.165, 1.54) is 4.57 Å². The zero-order valence-corrected chi connectivity index (χ0v) is 15.1. The van der Waals surface area contributed by atoms with E-state index in [2.05, 4.69) is 15.3 Å². The Kier molecular flexibility index (Phi) is 3.88. The van der Waals surface area contributed by atoms with Crippen LogP contribution in [0.25, 0.3) is 11.2 Å². The number of aromatic amines is 1. The molecule has 7 heteroatoms. The largest absolute Gasteiger partial charge is 0.352 e. The summed E-state index contributed by atoms with van der Waals surface area (Å²) in [6.45, 7) is 1.76. The fourth-order valence-corrected chi connectivity index (χ4v) is 3.47. The highest BCUT2D eigenvalue weighted by Gasteiger charge is 2.28. The lowest BCUT2D eigenvalue weighted by atomic mass is 10.2. The molecule has 2 aliphatic carbocycles. The van der Waals surface area contributed by atoms with E-state index in [0.717, 1.165) is 31.2 Å². The minimum Gasteiger partial charge on any atom is -0.352 e. The van der Waals surface area contributed by atoms with Crippen LogP contribution >= 0.6 is 0 Å². The van der Waals surface area contributed by atoms with Crippen molar-refractivity contribution in [3.63, 3.8) is 0 Å². The summed E-state index contributed by atoms with van der Waals surface area (Å²) in [6.07, 6.45) is 4.47. The highest BCUT2D eigenvalue weighted by Crippen LogP contribution is 2.31. The number of hydrogen-bond acceptors (Lipinski definition) is 4. The first-order chi connectivity index (χ1) is 13.2. The standard InChI is InChI=1S/C20H23N5O2/c26-18-16-17(23-19(22-16)21-10-13-4-2-1-3-5-13)24(11-14-6-7-14)20(27)25(18)12-15-8-9-15/h1-5,14-15H,6-12H2,(H2,21,22,23). The Labute approximate surface area is 156 Å². The maximum atomic E-state index is 13.0. The Morgan fingerprint density at radius 2 is 1.67 bits per heavy atom. The summed E-state index contributed by atoms with van der Waals surface area (Å²) < 4.78 is 3.10. The van der Waals surface area contributed by atoms with Gasteiger partial charge in [-0.2, -0.15) is 4.98 Å². The number of benzene rings is 1. The molecule has 0 unspecified atom stereocenters. The highest BCUT2D eigenvalue weighted by molar-refractivity contribution is 5.72. The highest BCUT2D eigenvalue weighted by atomic mass is 16.2. The van der Waals surface area contributed by atoms with Gasteiger partial charge in [0.15, 0.2) is 11.2 Å². The molecule has 0 bridgehead atoms. The summed E-state index contributed by atoms with van der Waals surface area (Å²) in [5.74, 6) is 1.51. The van der Waals surface area contributed by atoms with Gasteiger partial charge < -0.3 is 10.3 Å². The Balaban J connectivity index is 1.53. The average molecular weight is 365 g/mol. The number of nitrogens with one attached hydrogen (secondary N) is 2. The van der Waals surface area contributed by atoms with Crippen molar-refractivity contribution in [3.05, 3.63) is 56.7 Å². The van der Waals surface area contributed by atoms with E-state index < -0.39 is 0 Å². The van der Waals surface area contributed by atoms with Crippen molar-refractivity contribution >= 4 is 17.1 Å². The maximum Gasteiger partial charge on any atom is 0.332 e. The second kappa shape index (κ2) is 6.40. The van der Waals surface area contributed by atoms with Gasteiger partial charge in [0.05, 0.1) is 0 Å². The quantitative estimate of drug-likeness (QED) is 0.673. The second-order valence-electron chi connectivity index (χ2n) is 7.82. The molecule has 2 saturated carbocycles. The monoisotopic (exact) mass is 365 g/mol. The number of anilines is 1. The molecule has 5 rings (SSSR count). The van der Waals surface area contributed by atoms with Gasteiger partial charge in [-0.15, -0.1) is 0 Å². The van der Waals surface area contributed by atoms with E-state index in [9.17, 15) is 9.59 Å². The molecule has 140 valence electrons. The SMILES string of the molecule is O=c1c2[nH]c(NCc3ccccc3)nc2n(CC2CC2)c(=O)n1CC1CC1. The summed E-state index contributed by atoms with van der Waals surface area (Å²) in [5, 5.41) is 3.24. The third-order valence-corrected chi connectivity index (χ3v) is 5.44. The van der Waals surface area contributed by atoms with E-state index in [4.69, 9.17) is 0 Å². The predicted octanol–water partition coefficient (Wildman–Crippen LogP) is 2.32. The topological polar surface area (TPSA) is 84.7 Å². The van der Waals surface area contributed by atoms with Crippen LogP contribution in [0.5, 0.6) is 0 Å². The van der Waals surface area contributed by atoms with Crippen LogP contribution in [0.3, 0.4) is 0 Å². The van der Waals surface area contributed by atoms with Crippen molar-refractivity contribution < 1.29 is 0 Å². The van der Waals surface area contributed by atoms with Gasteiger partial charge in [-0.25, -0.2) is 4.79 Å². The molecule has 2 aliphatic rings. The summed E-state index contributed by atoms with van der Waals surface area (Å²) in [6, 6.07) is 10.0. The van der Waals surface area contributed by atoms with Crippen LogP contribution < -0.4 is 16.6 Å². The number of H-pyrrole nitrogens is 1. The normalized spacial score (nSPS) is 16.7. The molecule has 2 N–H and O–H groups in total.